The van der Waals surface area contributed by atoms with Crippen molar-refractivity contribution in [2.24, 2.45) is 0 Å². The first-order valence-corrected chi connectivity index (χ1v) is 7.29. The maximum atomic E-state index is 12.6. The van der Waals surface area contributed by atoms with Crippen molar-refractivity contribution in [1.29, 1.82) is 0 Å². The zero-order valence-corrected chi connectivity index (χ0v) is 13.2. The number of benzene rings is 1. The summed E-state index contributed by atoms with van der Waals surface area (Å²) in [6.07, 6.45) is 1.55. The highest BCUT2D eigenvalue weighted by Crippen LogP contribution is 2.28. The molecule has 1 aliphatic rings. The SMILES string of the molecule is CN(C)C(=O)C1CCCN1C(=O)c1cccc(N)c1Br. The highest BCUT2D eigenvalue weighted by Gasteiger charge is 2.35. The van der Waals surface area contributed by atoms with E-state index in [1.54, 1.807) is 37.2 Å². The first kappa shape index (κ1) is 14.8. The molecule has 0 aliphatic carbocycles. The maximum Gasteiger partial charge on any atom is 0.255 e. The first-order chi connectivity index (χ1) is 9.43. The number of likely N-dealkylation sites (tertiary alicyclic amines) is 1. The summed E-state index contributed by atoms with van der Waals surface area (Å²) in [6, 6.07) is 4.82. The van der Waals surface area contributed by atoms with Gasteiger partial charge < -0.3 is 15.5 Å². The van der Waals surface area contributed by atoms with Crippen LogP contribution in [0, 0.1) is 0 Å². The summed E-state index contributed by atoms with van der Waals surface area (Å²) < 4.78 is 0.591. The Balaban J connectivity index is 2.28. The normalized spacial score (nSPS) is 18.1. The van der Waals surface area contributed by atoms with Crippen LogP contribution in [0.4, 0.5) is 5.69 Å². The lowest BCUT2D eigenvalue weighted by atomic mass is 10.1. The molecule has 0 saturated carbocycles. The molecule has 1 fully saturated rings. The number of nitrogen functional groups attached to an aromatic ring is 1. The molecule has 1 saturated heterocycles. The third-order valence-electron chi connectivity index (χ3n) is 3.50. The van der Waals surface area contributed by atoms with Crippen molar-refractivity contribution in [2.75, 3.05) is 26.4 Å². The van der Waals surface area contributed by atoms with Crippen molar-refractivity contribution in [3.05, 3.63) is 28.2 Å². The van der Waals surface area contributed by atoms with Crippen molar-refractivity contribution < 1.29 is 9.59 Å². The predicted octanol–water partition coefficient (Wildman–Crippen LogP) is 1.72. The molecule has 1 aromatic carbocycles. The lowest BCUT2D eigenvalue weighted by Gasteiger charge is -2.26. The Hall–Kier alpha value is -1.56. The van der Waals surface area contributed by atoms with Gasteiger partial charge in [-0.25, -0.2) is 0 Å². The van der Waals surface area contributed by atoms with Crippen LogP contribution in [0.2, 0.25) is 0 Å². The fraction of sp³-hybridized carbons (Fsp3) is 0.429. The van der Waals surface area contributed by atoms with E-state index in [-0.39, 0.29) is 17.9 Å². The third-order valence-corrected chi connectivity index (χ3v) is 4.38. The molecule has 0 radical (unpaired) electrons. The summed E-state index contributed by atoms with van der Waals surface area (Å²) in [5, 5.41) is 0. The van der Waals surface area contributed by atoms with E-state index in [1.165, 1.54) is 4.90 Å². The van der Waals surface area contributed by atoms with Crippen molar-refractivity contribution in [3.8, 4) is 0 Å². The molecule has 0 aromatic heterocycles. The predicted molar refractivity (Wildman–Crippen MR) is 81.3 cm³/mol. The topological polar surface area (TPSA) is 66.6 Å². The first-order valence-electron chi connectivity index (χ1n) is 6.49. The van der Waals surface area contributed by atoms with Gasteiger partial charge in [0.1, 0.15) is 6.04 Å². The lowest BCUT2D eigenvalue weighted by molar-refractivity contribution is -0.132. The fourth-order valence-corrected chi connectivity index (χ4v) is 2.87. The third kappa shape index (κ3) is 2.65. The summed E-state index contributed by atoms with van der Waals surface area (Å²) in [5.74, 6) is -0.183. The second kappa shape index (κ2) is 5.83. The second-order valence-corrected chi connectivity index (χ2v) is 5.89. The molecule has 2 N–H and O–H groups in total. The van der Waals surface area contributed by atoms with Gasteiger partial charge in [0.25, 0.3) is 5.91 Å². The maximum absolute atomic E-state index is 12.6. The molecule has 1 unspecified atom stereocenters. The zero-order valence-electron chi connectivity index (χ0n) is 11.6. The Bertz CT molecular complexity index is 545. The van der Waals surface area contributed by atoms with Crippen LogP contribution in [-0.4, -0.2) is 48.3 Å². The molecule has 20 heavy (non-hydrogen) atoms. The van der Waals surface area contributed by atoms with E-state index in [0.717, 1.165) is 6.42 Å². The highest BCUT2D eigenvalue weighted by molar-refractivity contribution is 9.10. The Labute approximate surface area is 126 Å². The molecular formula is C14H18BrN3O2. The number of rotatable bonds is 2. The van der Waals surface area contributed by atoms with Gasteiger partial charge in [-0.15, -0.1) is 0 Å². The Morgan fingerprint density at radius 2 is 2.10 bits per heavy atom. The van der Waals surface area contributed by atoms with Crippen LogP contribution in [0.1, 0.15) is 23.2 Å². The Morgan fingerprint density at radius 1 is 1.40 bits per heavy atom. The van der Waals surface area contributed by atoms with Crippen LogP contribution >= 0.6 is 15.9 Å². The molecule has 1 aromatic rings. The zero-order chi connectivity index (χ0) is 14.9. The molecule has 6 heteroatoms. The van der Waals surface area contributed by atoms with Gasteiger partial charge in [-0.3, -0.25) is 9.59 Å². The quantitative estimate of drug-likeness (QED) is 0.834. The van der Waals surface area contributed by atoms with E-state index in [0.29, 0.717) is 28.7 Å². The van der Waals surface area contributed by atoms with E-state index < -0.39 is 0 Å². The van der Waals surface area contributed by atoms with Gasteiger partial charge in [-0.1, -0.05) is 6.07 Å². The van der Waals surface area contributed by atoms with E-state index in [1.807, 2.05) is 0 Å². The molecule has 1 aliphatic heterocycles. The van der Waals surface area contributed by atoms with Gasteiger partial charge in [-0.05, 0) is 40.9 Å². The number of hydrogen-bond donors (Lipinski definition) is 1. The number of carbonyl (C=O) groups is 2. The van der Waals surface area contributed by atoms with E-state index in [9.17, 15) is 9.59 Å². The lowest BCUT2D eigenvalue weighted by Crippen LogP contribution is -2.45. The number of likely N-dealkylation sites (N-methyl/N-ethyl adjacent to an activating group) is 1. The molecule has 0 bridgehead atoms. The van der Waals surface area contributed by atoms with Gasteiger partial charge in [0.15, 0.2) is 0 Å². The Morgan fingerprint density at radius 3 is 2.75 bits per heavy atom. The summed E-state index contributed by atoms with van der Waals surface area (Å²) in [5.41, 5.74) is 6.83. The monoisotopic (exact) mass is 339 g/mol. The Kier molecular flexibility index (Phi) is 4.32. The number of nitrogens with two attached hydrogens (primary N) is 1. The average molecular weight is 340 g/mol. The van der Waals surface area contributed by atoms with Crippen LogP contribution in [0.25, 0.3) is 0 Å². The molecule has 1 atom stereocenters. The molecule has 2 rings (SSSR count). The largest absolute Gasteiger partial charge is 0.398 e. The standard InChI is InChI=1S/C14H18BrN3O2/c1-17(2)14(20)11-7-4-8-18(11)13(19)9-5-3-6-10(16)12(9)15/h3,5-6,11H,4,7-8,16H2,1-2H3. The number of amides is 2. The van der Waals surface area contributed by atoms with Crippen LogP contribution in [0.3, 0.4) is 0 Å². The van der Waals surface area contributed by atoms with Crippen LogP contribution < -0.4 is 5.73 Å². The van der Waals surface area contributed by atoms with Gasteiger partial charge in [0, 0.05) is 26.3 Å². The number of halogens is 1. The van der Waals surface area contributed by atoms with Crippen molar-refractivity contribution >= 4 is 33.4 Å². The van der Waals surface area contributed by atoms with Crippen molar-refractivity contribution in [1.82, 2.24) is 9.80 Å². The summed E-state index contributed by atoms with van der Waals surface area (Å²) in [7, 11) is 3.42. The van der Waals surface area contributed by atoms with Gasteiger partial charge in [-0.2, -0.15) is 0 Å². The van der Waals surface area contributed by atoms with E-state index >= 15 is 0 Å². The summed E-state index contributed by atoms with van der Waals surface area (Å²) >= 11 is 3.35. The molecule has 1 heterocycles. The van der Waals surface area contributed by atoms with E-state index in [2.05, 4.69) is 15.9 Å². The number of carbonyl (C=O) groups excluding carboxylic acids is 2. The van der Waals surface area contributed by atoms with Gasteiger partial charge in [0.2, 0.25) is 5.91 Å². The minimum atomic E-state index is -0.370. The minimum absolute atomic E-state index is 0.0316. The molecule has 108 valence electrons. The van der Waals surface area contributed by atoms with Crippen molar-refractivity contribution in [3.63, 3.8) is 0 Å². The summed E-state index contributed by atoms with van der Waals surface area (Å²) in [4.78, 5) is 27.9. The van der Waals surface area contributed by atoms with Crippen molar-refractivity contribution in [2.45, 2.75) is 18.9 Å². The highest BCUT2D eigenvalue weighted by atomic mass is 79.9. The molecule has 2 amide bonds. The smallest absolute Gasteiger partial charge is 0.255 e. The average Bonchev–Trinajstić information content (AvgIpc) is 2.89. The molecular weight excluding hydrogens is 322 g/mol. The number of anilines is 1. The second-order valence-electron chi connectivity index (χ2n) is 5.10. The van der Waals surface area contributed by atoms with Crippen LogP contribution in [0.15, 0.2) is 22.7 Å². The van der Waals surface area contributed by atoms with Crippen LogP contribution in [0.5, 0.6) is 0 Å². The molecule has 0 spiro atoms. The van der Waals surface area contributed by atoms with Gasteiger partial charge >= 0.3 is 0 Å². The minimum Gasteiger partial charge on any atom is -0.398 e. The summed E-state index contributed by atoms with van der Waals surface area (Å²) in [6.45, 7) is 0.602. The van der Waals surface area contributed by atoms with Crippen LogP contribution in [-0.2, 0) is 4.79 Å². The fourth-order valence-electron chi connectivity index (χ4n) is 2.43. The number of hydrogen-bond acceptors (Lipinski definition) is 3. The van der Waals surface area contributed by atoms with Gasteiger partial charge in [0.05, 0.1) is 10.0 Å². The molecule has 5 nitrogen and oxygen atoms in total. The number of nitrogens with zero attached hydrogens (tertiary/aromatic N) is 2. The van der Waals surface area contributed by atoms with E-state index in [4.69, 9.17) is 5.73 Å².